The van der Waals surface area contributed by atoms with E-state index in [1.165, 1.54) is 18.2 Å². The van der Waals surface area contributed by atoms with Crippen LogP contribution in [0.3, 0.4) is 0 Å². The molecular formula is C21H18BrNO4S. The fourth-order valence-corrected chi connectivity index (χ4v) is 3.93. The minimum absolute atomic E-state index is 0.126. The molecule has 28 heavy (non-hydrogen) atoms. The zero-order valence-electron chi connectivity index (χ0n) is 14.8. The van der Waals surface area contributed by atoms with Gasteiger partial charge in [-0.2, -0.15) is 0 Å². The van der Waals surface area contributed by atoms with Gasteiger partial charge in [-0.1, -0.05) is 64.5 Å². The Kier molecular flexibility index (Phi) is 6.49. The Bertz CT molecular complexity index is 1050. The van der Waals surface area contributed by atoms with Gasteiger partial charge in [0, 0.05) is 5.56 Å². The van der Waals surface area contributed by atoms with E-state index in [2.05, 4.69) is 20.7 Å². The molecule has 1 N–H and O–H groups in total. The number of ketones is 1. The summed E-state index contributed by atoms with van der Waals surface area (Å²) in [7, 11) is -3.82. The van der Waals surface area contributed by atoms with Gasteiger partial charge in [0.25, 0.3) is 10.0 Å². The monoisotopic (exact) mass is 459 g/mol. The average molecular weight is 460 g/mol. The molecular weight excluding hydrogens is 442 g/mol. The SMILES string of the molecule is O=C(CBr)c1ccc(OCc2ccccc2)c(NS(=O)(=O)c2ccccc2)c1. The van der Waals surface area contributed by atoms with E-state index >= 15 is 0 Å². The fourth-order valence-electron chi connectivity index (χ4n) is 2.52. The third-order valence-corrected chi connectivity index (χ3v) is 5.85. The molecule has 3 aromatic carbocycles. The summed E-state index contributed by atoms with van der Waals surface area (Å²) in [6.07, 6.45) is 0. The van der Waals surface area contributed by atoms with Gasteiger partial charge in [-0.3, -0.25) is 9.52 Å². The first-order valence-electron chi connectivity index (χ1n) is 8.47. The van der Waals surface area contributed by atoms with Crippen LogP contribution in [0.5, 0.6) is 5.75 Å². The largest absolute Gasteiger partial charge is 0.487 e. The third-order valence-electron chi connectivity index (χ3n) is 3.96. The van der Waals surface area contributed by atoms with Crippen molar-refractivity contribution in [1.29, 1.82) is 0 Å². The second-order valence-corrected chi connectivity index (χ2v) is 8.20. The molecule has 0 unspecified atom stereocenters. The van der Waals surface area contributed by atoms with Crippen LogP contribution in [0.25, 0.3) is 0 Å². The molecule has 0 spiro atoms. The number of ether oxygens (including phenoxy) is 1. The Morgan fingerprint density at radius 3 is 2.21 bits per heavy atom. The standard InChI is InChI=1S/C21H18BrNO4S/c22-14-20(24)17-11-12-21(27-15-16-7-3-1-4-8-16)19(13-17)23-28(25,26)18-9-5-2-6-10-18/h1-13,23H,14-15H2. The Hall–Kier alpha value is -2.64. The van der Waals surface area contributed by atoms with Gasteiger partial charge < -0.3 is 4.74 Å². The van der Waals surface area contributed by atoms with E-state index in [1.807, 2.05) is 30.3 Å². The lowest BCUT2D eigenvalue weighted by Crippen LogP contribution is -2.14. The van der Waals surface area contributed by atoms with Crippen molar-refractivity contribution in [3.8, 4) is 5.75 Å². The van der Waals surface area contributed by atoms with E-state index in [4.69, 9.17) is 4.74 Å². The molecule has 0 saturated carbocycles. The van der Waals surface area contributed by atoms with E-state index < -0.39 is 10.0 Å². The Morgan fingerprint density at radius 2 is 1.57 bits per heavy atom. The number of anilines is 1. The number of carbonyl (C=O) groups is 1. The van der Waals surface area contributed by atoms with Crippen LogP contribution >= 0.6 is 15.9 Å². The molecule has 0 aliphatic carbocycles. The first-order valence-corrected chi connectivity index (χ1v) is 11.1. The number of nitrogens with one attached hydrogen (secondary N) is 1. The maximum Gasteiger partial charge on any atom is 0.262 e. The second-order valence-electron chi connectivity index (χ2n) is 5.96. The number of alkyl halides is 1. The topological polar surface area (TPSA) is 72.5 Å². The van der Waals surface area contributed by atoms with E-state index in [-0.39, 0.29) is 28.3 Å². The van der Waals surface area contributed by atoms with Crippen molar-refractivity contribution >= 4 is 37.4 Å². The molecule has 3 rings (SSSR count). The molecule has 0 atom stereocenters. The number of sulfonamides is 1. The van der Waals surface area contributed by atoms with Gasteiger partial charge in [-0.05, 0) is 35.9 Å². The van der Waals surface area contributed by atoms with Crippen molar-refractivity contribution in [3.05, 3.63) is 90.0 Å². The summed E-state index contributed by atoms with van der Waals surface area (Å²) in [5, 5.41) is 0.141. The lowest BCUT2D eigenvalue weighted by atomic mass is 10.1. The highest BCUT2D eigenvalue weighted by Gasteiger charge is 2.18. The summed E-state index contributed by atoms with van der Waals surface area (Å²) in [5.74, 6) is 0.184. The van der Waals surface area contributed by atoms with E-state index in [1.54, 1.807) is 30.3 Å². The maximum absolute atomic E-state index is 12.7. The maximum atomic E-state index is 12.7. The van der Waals surface area contributed by atoms with Gasteiger partial charge in [-0.25, -0.2) is 8.42 Å². The molecule has 0 aliphatic heterocycles. The molecule has 3 aromatic rings. The lowest BCUT2D eigenvalue weighted by molar-refractivity contribution is 0.102. The second kappa shape index (κ2) is 9.03. The molecule has 0 radical (unpaired) electrons. The molecule has 5 nitrogen and oxygen atoms in total. The number of Topliss-reactive ketones (excluding diaryl/α,β-unsaturated/α-hetero) is 1. The van der Waals surface area contributed by atoms with Crippen LogP contribution in [-0.2, 0) is 16.6 Å². The first-order chi connectivity index (χ1) is 13.5. The van der Waals surface area contributed by atoms with Crippen molar-refractivity contribution in [2.45, 2.75) is 11.5 Å². The van der Waals surface area contributed by atoms with Crippen LogP contribution in [0, 0.1) is 0 Å². The number of hydrogen-bond acceptors (Lipinski definition) is 4. The highest BCUT2D eigenvalue weighted by atomic mass is 79.9. The predicted octanol–water partition coefficient (Wildman–Crippen LogP) is 4.64. The smallest absolute Gasteiger partial charge is 0.262 e. The quantitative estimate of drug-likeness (QED) is 0.393. The van der Waals surface area contributed by atoms with E-state index in [9.17, 15) is 13.2 Å². The summed E-state index contributed by atoms with van der Waals surface area (Å²) in [6.45, 7) is 0.270. The third kappa shape index (κ3) is 4.99. The van der Waals surface area contributed by atoms with Crippen LogP contribution < -0.4 is 9.46 Å². The van der Waals surface area contributed by atoms with Crippen LogP contribution in [0.2, 0.25) is 0 Å². The number of benzene rings is 3. The van der Waals surface area contributed by atoms with Gasteiger partial charge in [0.1, 0.15) is 12.4 Å². The van der Waals surface area contributed by atoms with Gasteiger partial charge in [-0.15, -0.1) is 0 Å². The van der Waals surface area contributed by atoms with E-state index in [0.717, 1.165) is 5.56 Å². The summed E-state index contributed by atoms with van der Waals surface area (Å²) in [4.78, 5) is 12.2. The van der Waals surface area contributed by atoms with Crippen molar-refractivity contribution in [3.63, 3.8) is 0 Å². The van der Waals surface area contributed by atoms with Crippen molar-refractivity contribution < 1.29 is 17.9 Å². The molecule has 7 heteroatoms. The van der Waals surface area contributed by atoms with Gasteiger partial charge in [0.05, 0.1) is 15.9 Å². The predicted molar refractivity (Wildman–Crippen MR) is 113 cm³/mol. The fraction of sp³-hybridized carbons (Fsp3) is 0.0952. The Morgan fingerprint density at radius 1 is 0.929 bits per heavy atom. The molecule has 144 valence electrons. The Balaban J connectivity index is 1.92. The van der Waals surface area contributed by atoms with E-state index in [0.29, 0.717) is 11.3 Å². The van der Waals surface area contributed by atoms with Crippen molar-refractivity contribution in [2.75, 3.05) is 10.1 Å². The van der Waals surface area contributed by atoms with Crippen molar-refractivity contribution in [1.82, 2.24) is 0 Å². The van der Waals surface area contributed by atoms with Gasteiger partial charge in [0.2, 0.25) is 0 Å². The molecule has 0 aliphatic rings. The summed E-state index contributed by atoms with van der Waals surface area (Å²) < 4.78 is 33.8. The van der Waals surface area contributed by atoms with Crippen LogP contribution in [-0.4, -0.2) is 19.5 Å². The van der Waals surface area contributed by atoms with Crippen molar-refractivity contribution in [2.24, 2.45) is 0 Å². The highest BCUT2D eigenvalue weighted by Crippen LogP contribution is 2.29. The Labute approximate surface area is 172 Å². The molecule has 0 fully saturated rings. The van der Waals surface area contributed by atoms with Gasteiger partial charge >= 0.3 is 0 Å². The van der Waals surface area contributed by atoms with Crippen LogP contribution in [0.1, 0.15) is 15.9 Å². The first kappa shape index (κ1) is 20.1. The normalized spacial score (nSPS) is 11.0. The van der Waals surface area contributed by atoms with Gasteiger partial charge in [0.15, 0.2) is 5.78 Å². The summed E-state index contributed by atoms with van der Waals surface area (Å²) >= 11 is 3.13. The lowest BCUT2D eigenvalue weighted by Gasteiger charge is -2.15. The number of hydrogen-bond donors (Lipinski definition) is 1. The minimum atomic E-state index is -3.82. The average Bonchev–Trinajstić information content (AvgIpc) is 2.73. The molecule has 0 amide bonds. The zero-order valence-corrected chi connectivity index (χ0v) is 17.2. The molecule has 0 aromatic heterocycles. The zero-order chi connectivity index (χ0) is 20.0. The number of carbonyl (C=O) groups excluding carboxylic acids is 1. The number of rotatable bonds is 8. The molecule has 0 heterocycles. The molecule has 0 bridgehead atoms. The highest BCUT2D eigenvalue weighted by molar-refractivity contribution is 9.09. The summed E-state index contributed by atoms with van der Waals surface area (Å²) in [6, 6.07) is 22.3. The minimum Gasteiger partial charge on any atom is -0.487 e. The molecule has 0 saturated heterocycles. The van der Waals surface area contributed by atoms with Crippen LogP contribution in [0.15, 0.2) is 83.8 Å². The summed E-state index contributed by atoms with van der Waals surface area (Å²) in [5.41, 5.74) is 1.54. The van der Waals surface area contributed by atoms with Crippen LogP contribution in [0.4, 0.5) is 5.69 Å². The number of halogens is 1.